The topological polar surface area (TPSA) is 126 Å². The number of hydrazone groups is 1. The molecule has 35 heavy (non-hydrogen) atoms. The Morgan fingerprint density at radius 2 is 1.89 bits per heavy atom. The van der Waals surface area contributed by atoms with Gasteiger partial charge >= 0.3 is 5.69 Å². The minimum absolute atomic E-state index is 0.0489. The molecular formula is C25H26N4O6. The van der Waals surface area contributed by atoms with Crippen molar-refractivity contribution in [1.29, 1.82) is 0 Å². The Labute approximate surface area is 201 Å². The van der Waals surface area contributed by atoms with Gasteiger partial charge in [-0.15, -0.1) is 0 Å². The average molecular weight is 479 g/mol. The molecule has 0 fully saturated rings. The number of hydrogen-bond acceptors (Lipinski definition) is 7. The number of rotatable bonds is 7. The van der Waals surface area contributed by atoms with E-state index < -0.39 is 23.2 Å². The minimum Gasteiger partial charge on any atom is -0.497 e. The van der Waals surface area contributed by atoms with Gasteiger partial charge in [0.25, 0.3) is 5.56 Å². The van der Waals surface area contributed by atoms with Gasteiger partial charge in [0.05, 0.1) is 32.5 Å². The highest BCUT2D eigenvalue weighted by Gasteiger charge is 2.36. The van der Waals surface area contributed by atoms with Crippen LogP contribution in [0.3, 0.4) is 0 Å². The Kier molecular flexibility index (Phi) is 6.72. The molecule has 2 N–H and O–H groups in total. The van der Waals surface area contributed by atoms with Crippen LogP contribution in [0.1, 0.15) is 42.5 Å². The number of carbonyl (C=O) groups excluding carboxylic acids is 1. The Morgan fingerprint density at radius 3 is 2.54 bits per heavy atom. The van der Waals surface area contributed by atoms with E-state index in [-0.39, 0.29) is 36.6 Å². The first-order chi connectivity index (χ1) is 16.9. The van der Waals surface area contributed by atoms with E-state index in [1.54, 1.807) is 37.3 Å². The van der Waals surface area contributed by atoms with Crippen LogP contribution in [0.25, 0.3) is 0 Å². The maximum absolute atomic E-state index is 12.8. The third-order valence-corrected chi connectivity index (χ3v) is 5.91. The molecule has 182 valence electrons. The van der Waals surface area contributed by atoms with Crippen LogP contribution < -0.4 is 20.7 Å². The Hall–Kier alpha value is -4.34. The second kappa shape index (κ2) is 9.88. The van der Waals surface area contributed by atoms with Gasteiger partial charge in [0.15, 0.2) is 0 Å². The number of ether oxygens (including phenoxy) is 2. The SMILES string of the molecule is CCC(=O)N1N=C(c2c(O)n(Cc3ccccc3)c(=O)[nH]c2=O)C[C@@H]1c1cc(OC)ccc1OC. The fraction of sp³-hybridized carbons (Fsp3) is 0.280. The Balaban J connectivity index is 1.81. The van der Waals surface area contributed by atoms with Gasteiger partial charge < -0.3 is 14.6 Å². The van der Waals surface area contributed by atoms with Crippen molar-refractivity contribution in [1.82, 2.24) is 14.6 Å². The molecule has 1 aromatic heterocycles. The predicted molar refractivity (Wildman–Crippen MR) is 129 cm³/mol. The molecular weight excluding hydrogens is 452 g/mol. The van der Waals surface area contributed by atoms with Crippen LogP contribution in [0.15, 0.2) is 63.2 Å². The molecule has 0 spiro atoms. The molecule has 0 radical (unpaired) electrons. The van der Waals surface area contributed by atoms with Crippen molar-refractivity contribution in [3.05, 3.63) is 86.1 Å². The van der Waals surface area contributed by atoms with Crippen LogP contribution in [0.5, 0.6) is 17.4 Å². The Bertz CT molecular complexity index is 1390. The largest absolute Gasteiger partial charge is 0.497 e. The molecule has 1 amide bonds. The van der Waals surface area contributed by atoms with E-state index in [1.165, 1.54) is 19.2 Å². The molecule has 0 saturated carbocycles. The van der Waals surface area contributed by atoms with E-state index in [0.29, 0.717) is 17.1 Å². The van der Waals surface area contributed by atoms with Gasteiger partial charge in [-0.2, -0.15) is 5.10 Å². The van der Waals surface area contributed by atoms with Crippen molar-refractivity contribution in [2.45, 2.75) is 32.4 Å². The van der Waals surface area contributed by atoms with Crippen LogP contribution in [-0.4, -0.2) is 45.5 Å². The number of aromatic hydroxyl groups is 1. The number of hydrogen-bond donors (Lipinski definition) is 2. The van der Waals surface area contributed by atoms with Gasteiger partial charge in [0.2, 0.25) is 11.8 Å². The van der Waals surface area contributed by atoms with Gasteiger partial charge in [-0.1, -0.05) is 37.3 Å². The lowest BCUT2D eigenvalue weighted by Crippen LogP contribution is -2.34. The highest BCUT2D eigenvalue weighted by Crippen LogP contribution is 2.39. The average Bonchev–Trinajstić information content (AvgIpc) is 3.30. The molecule has 10 nitrogen and oxygen atoms in total. The second-order valence-corrected chi connectivity index (χ2v) is 8.00. The van der Waals surface area contributed by atoms with Crippen LogP contribution in [0.4, 0.5) is 0 Å². The van der Waals surface area contributed by atoms with Crippen LogP contribution in [0.2, 0.25) is 0 Å². The van der Waals surface area contributed by atoms with E-state index >= 15 is 0 Å². The normalized spacial score (nSPS) is 15.1. The third-order valence-electron chi connectivity index (χ3n) is 5.91. The maximum atomic E-state index is 12.8. The summed E-state index contributed by atoms with van der Waals surface area (Å²) in [5, 5.41) is 16.7. The number of amides is 1. The van der Waals surface area contributed by atoms with Crippen molar-refractivity contribution < 1.29 is 19.4 Å². The summed E-state index contributed by atoms with van der Waals surface area (Å²) >= 11 is 0. The summed E-state index contributed by atoms with van der Waals surface area (Å²) in [4.78, 5) is 40.4. The molecule has 2 aromatic carbocycles. The number of nitrogens with one attached hydrogen (secondary N) is 1. The standard InChI is InChI=1S/C25H26N4O6/c1-4-21(30)29-19(17-12-16(34-2)10-11-20(17)35-3)13-18(27-29)22-23(31)26-25(33)28(24(22)32)14-15-8-6-5-7-9-15/h5-12,19,32H,4,13-14H2,1-3H3,(H,26,31,33)/t19-/m1/s1. The van der Waals surface area contributed by atoms with Gasteiger partial charge in [0.1, 0.15) is 17.1 Å². The molecule has 0 unspecified atom stereocenters. The smallest absolute Gasteiger partial charge is 0.331 e. The van der Waals surface area contributed by atoms with Gasteiger partial charge in [-0.3, -0.25) is 19.1 Å². The first-order valence-electron chi connectivity index (χ1n) is 11.1. The third kappa shape index (κ3) is 4.54. The molecule has 1 aliphatic rings. The minimum atomic E-state index is -0.780. The second-order valence-electron chi connectivity index (χ2n) is 8.00. The van der Waals surface area contributed by atoms with Crippen molar-refractivity contribution >= 4 is 11.6 Å². The lowest BCUT2D eigenvalue weighted by molar-refractivity contribution is -0.132. The molecule has 0 saturated heterocycles. The zero-order valence-electron chi connectivity index (χ0n) is 19.6. The number of aromatic nitrogens is 2. The van der Waals surface area contributed by atoms with Crippen LogP contribution >= 0.6 is 0 Å². The van der Waals surface area contributed by atoms with Gasteiger partial charge in [-0.05, 0) is 23.8 Å². The molecule has 3 aromatic rings. The number of benzene rings is 2. The van der Waals surface area contributed by atoms with E-state index in [2.05, 4.69) is 10.1 Å². The van der Waals surface area contributed by atoms with E-state index in [4.69, 9.17) is 9.47 Å². The van der Waals surface area contributed by atoms with Crippen LogP contribution in [0, 0.1) is 0 Å². The van der Waals surface area contributed by atoms with E-state index in [9.17, 15) is 19.5 Å². The van der Waals surface area contributed by atoms with Crippen molar-refractivity contribution in [3.63, 3.8) is 0 Å². The summed E-state index contributed by atoms with van der Waals surface area (Å²) in [6.07, 6.45) is 0.296. The zero-order chi connectivity index (χ0) is 25.1. The molecule has 1 atom stereocenters. The first kappa shape index (κ1) is 23.8. The highest BCUT2D eigenvalue weighted by atomic mass is 16.5. The molecule has 10 heteroatoms. The number of carbonyl (C=O) groups is 1. The van der Waals surface area contributed by atoms with Crippen molar-refractivity contribution in [2.75, 3.05) is 14.2 Å². The summed E-state index contributed by atoms with van der Waals surface area (Å²) in [6.45, 7) is 1.76. The number of nitrogens with zero attached hydrogens (tertiary/aromatic N) is 3. The summed E-state index contributed by atoms with van der Waals surface area (Å²) in [5.41, 5.74) is -0.0936. The summed E-state index contributed by atoms with van der Waals surface area (Å²) in [6, 6.07) is 13.7. The summed E-state index contributed by atoms with van der Waals surface area (Å²) in [7, 11) is 3.05. The quantitative estimate of drug-likeness (QED) is 0.537. The summed E-state index contributed by atoms with van der Waals surface area (Å²) in [5.74, 6) is 0.301. The van der Waals surface area contributed by atoms with E-state index in [1.807, 2.05) is 18.2 Å². The van der Waals surface area contributed by atoms with Crippen LogP contribution in [-0.2, 0) is 11.3 Å². The monoisotopic (exact) mass is 478 g/mol. The zero-order valence-corrected chi connectivity index (χ0v) is 19.6. The molecule has 0 bridgehead atoms. The molecule has 0 aliphatic carbocycles. The lowest BCUT2D eigenvalue weighted by Gasteiger charge is -2.23. The lowest BCUT2D eigenvalue weighted by atomic mass is 9.98. The van der Waals surface area contributed by atoms with E-state index in [0.717, 1.165) is 10.1 Å². The number of aromatic amines is 1. The van der Waals surface area contributed by atoms with Crippen molar-refractivity contribution in [3.8, 4) is 17.4 Å². The fourth-order valence-electron chi connectivity index (χ4n) is 4.13. The van der Waals surface area contributed by atoms with Crippen molar-refractivity contribution in [2.24, 2.45) is 5.10 Å². The van der Waals surface area contributed by atoms with Gasteiger partial charge in [-0.25, -0.2) is 9.80 Å². The molecule has 4 rings (SSSR count). The maximum Gasteiger partial charge on any atom is 0.331 e. The molecule has 1 aliphatic heterocycles. The highest BCUT2D eigenvalue weighted by molar-refractivity contribution is 6.04. The fourth-order valence-corrected chi connectivity index (χ4v) is 4.13. The molecule has 2 heterocycles. The summed E-state index contributed by atoms with van der Waals surface area (Å²) < 4.78 is 11.9. The number of H-pyrrole nitrogens is 1. The first-order valence-corrected chi connectivity index (χ1v) is 11.1. The number of methoxy groups -OCH3 is 2. The Morgan fingerprint density at radius 1 is 1.14 bits per heavy atom. The van der Waals surface area contributed by atoms with Gasteiger partial charge in [0, 0.05) is 18.4 Å². The predicted octanol–water partition coefficient (Wildman–Crippen LogP) is 2.40.